The highest BCUT2D eigenvalue weighted by Gasteiger charge is 2.53. The van der Waals surface area contributed by atoms with Crippen molar-refractivity contribution in [2.45, 2.75) is 5.41 Å². The van der Waals surface area contributed by atoms with Crippen molar-refractivity contribution in [3.05, 3.63) is 106 Å². The predicted molar refractivity (Wildman–Crippen MR) is 103 cm³/mol. The summed E-state index contributed by atoms with van der Waals surface area (Å²) in [5.74, 6) is 0.981. The lowest BCUT2D eigenvalue weighted by atomic mass is 9.71. The van der Waals surface area contributed by atoms with E-state index in [1.807, 2.05) is 0 Å². The minimum Gasteiger partial charge on any atom is -0.449 e. The van der Waals surface area contributed by atoms with Gasteiger partial charge < -0.3 is 4.42 Å². The number of hydrogen-bond acceptors (Lipinski definition) is 1. The van der Waals surface area contributed by atoms with Crippen LogP contribution < -0.4 is 0 Å². The van der Waals surface area contributed by atoms with Crippen molar-refractivity contribution in [1.82, 2.24) is 0 Å². The largest absolute Gasteiger partial charge is 0.449 e. The molecule has 0 unspecified atom stereocenters. The SMILES string of the molecule is Brc1cc2c(o1)-c1ccccc1C21c2ccccc2-c2ccccc21. The molecule has 3 aromatic carbocycles. The van der Waals surface area contributed by atoms with Crippen LogP contribution in [0.3, 0.4) is 0 Å². The van der Waals surface area contributed by atoms with E-state index in [-0.39, 0.29) is 5.41 Å². The van der Waals surface area contributed by atoms with Crippen LogP contribution in [0.25, 0.3) is 22.5 Å². The number of halogens is 1. The Morgan fingerprint density at radius 1 is 0.600 bits per heavy atom. The highest BCUT2D eigenvalue weighted by molar-refractivity contribution is 9.10. The highest BCUT2D eigenvalue weighted by atomic mass is 79.9. The van der Waals surface area contributed by atoms with Gasteiger partial charge in [-0.05, 0) is 49.8 Å². The zero-order valence-electron chi connectivity index (χ0n) is 13.3. The van der Waals surface area contributed by atoms with Crippen molar-refractivity contribution >= 4 is 15.9 Å². The van der Waals surface area contributed by atoms with Crippen LogP contribution in [0.4, 0.5) is 0 Å². The first kappa shape index (κ1) is 13.7. The van der Waals surface area contributed by atoms with E-state index in [1.54, 1.807) is 0 Å². The van der Waals surface area contributed by atoms with Gasteiger partial charge in [-0.2, -0.15) is 0 Å². The first-order chi connectivity index (χ1) is 12.3. The molecule has 2 aliphatic rings. The summed E-state index contributed by atoms with van der Waals surface area (Å²) >= 11 is 3.55. The zero-order valence-corrected chi connectivity index (χ0v) is 14.9. The Labute approximate surface area is 154 Å². The molecule has 2 heteroatoms. The third-order valence-electron chi connectivity index (χ3n) is 5.63. The first-order valence-electron chi connectivity index (χ1n) is 8.41. The quantitative estimate of drug-likeness (QED) is 0.296. The summed E-state index contributed by atoms with van der Waals surface area (Å²) in [6.07, 6.45) is 0. The van der Waals surface area contributed by atoms with Gasteiger partial charge in [0, 0.05) is 11.1 Å². The normalized spacial score (nSPS) is 14.9. The first-order valence-corrected chi connectivity index (χ1v) is 9.20. The summed E-state index contributed by atoms with van der Waals surface area (Å²) in [5, 5.41) is 0. The summed E-state index contributed by atoms with van der Waals surface area (Å²) < 4.78 is 6.87. The van der Waals surface area contributed by atoms with Crippen LogP contribution in [-0.2, 0) is 5.41 Å². The molecule has 25 heavy (non-hydrogen) atoms. The van der Waals surface area contributed by atoms with Crippen LogP contribution >= 0.6 is 15.9 Å². The number of rotatable bonds is 0. The van der Waals surface area contributed by atoms with Crippen LogP contribution in [0, 0.1) is 0 Å². The Hall–Kier alpha value is -2.58. The van der Waals surface area contributed by atoms with E-state index in [4.69, 9.17) is 4.42 Å². The summed E-state index contributed by atoms with van der Waals surface area (Å²) in [7, 11) is 0. The molecule has 1 spiro atoms. The second kappa shape index (κ2) is 4.53. The molecule has 0 amide bonds. The van der Waals surface area contributed by atoms with Crippen molar-refractivity contribution in [1.29, 1.82) is 0 Å². The molecule has 1 aromatic heterocycles. The summed E-state index contributed by atoms with van der Waals surface area (Å²) in [6.45, 7) is 0. The Bertz CT molecular complexity index is 1120. The van der Waals surface area contributed by atoms with Crippen LogP contribution in [-0.4, -0.2) is 0 Å². The number of fused-ring (bicyclic) bond motifs is 10. The fraction of sp³-hybridized carbons (Fsp3) is 0.0435. The Morgan fingerprint density at radius 2 is 1.08 bits per heavy atom. The molecule has 0 fully saturated rings. The smallest absolute Gasteiger partial charge is 0.170 e. The molecule has 0 saturated heterocycles. The van der Waals surface area contributed by atoms with Crippen LogP contribution in [0.1, 0.15) is 22.3 Å². The van der Waals surface area contributed by atoms with Crippen molar-refractivity contribution < 1.29 is 4.42 Å². The Morgan fingerprint density at radius 3 is 1.68 bits per heavy atom. The Kier molecular flexibility index (Phi) is 2.48. The minimum absolute atomic E-state index is 0.283. The molecule has 4 aromatic rings. The number of furan rings is 1. The summed E-state index contributed by atoms with van der Waals surface area (Å²) in [5.41, 5.74) is 8.78. The second-order valence-electron chi connectivity index (χ2n) is 6.68. The molecule has 0 atom stereocenters. The molecule has 0 bridgehead atoms. The maximum Gasteiger partial charge on any atom is 0.170 e. The van der Waals surface area contributed by atoms with E-state index in [2.05, 4.69) is 94.8 Å². The molecule has 6 rings (SSSR count). The van der Waals surface area contributed by atoms with Gasteiger partial charge in [0.05, 0.1) is 5.41 Å². The van der Waals surface area contributed by atoms with Crippen molar-refractivity contribution in [3.63, 3.8) is 0 Å². The molecule has 0 aliphatic heterocycles. The number of hydrogen-bond donors (Lipinski definition) is 0. The molecule has 0 N–H and O–H groups in total. The Balaban J connectivity index is 1.88. The van der Waals surface area contributed by atoms with Gasteiger partial charge in [0.25, 0.3) is 0 Å². The fourth-order valence-corrected chi connectivity index (χ4v) is 5.20. The van der Waals surface area contributed by atoms with Crippen LogP contribution in [0.2, 0.25) is 0 Å². The molecule has 0 radical (unpaired) electrons. The highest BCUT2D eigenvalue weighted by Crippen LogP contribution is 2.63. The van der Waals surface area contributed by atoms with Crippen LogP contribution in [0.15, 0.2) is 87.9 Å². The van der Waals surface area contributed by atoms with E-state index in [1.165, 1.54) is 38.9 Å². The van der Waals surface area contributed by atoms with Gasteiger partial charge in [0.2, 0.25) is 0 Å². The average molecular weight is 385 g/mol. The van der Waals surface area contributed by atoms with Crippen molar-refractivity contribution in [2.75, 3.05) is 0 Å². The van der Waals surface area contributed by atoms with E-state index in [0.29, 0.717) is 0 Å². The van der Waals surface area contributed by atoms with Gasteiger partial charge in [-0.3, -0.25) is 0 Å². The van der Waals surface area contributed by atoms with E-state index in [9.17, 15) is 0 Å². The van der Waals surface area contributed by atoms with Gasteiger partial charge in [-0.25, -0.2) is 0 Å². The summed E-state index contributed by atoms with van der Waals surface area (Å²) in [4.78, 5) is 0. The lowest BCUT2D eigenvalue weighted by molar-refractivity contribution is 0.555. The van der Waals surface area contributed by atoms with Gasteiger partial charge in [-0.15, -0.1) is 0 Å². The standard InChI is InChI=1S/C23H13BrO/c24-21-13-20-22(25-21)16-9-3-6-12-19(16)23(20)17-10-4-1-7-14(17)15-8-2-5-11-18(15)23/h1-13H. The van der Waals surface area contributed by atoms with Gasteiger partial charge in [0.15, 0.2) is 4.67 Å². The van der Waals surface area contributed by atoms with Crippen LogP contribution in [0.5, 0.6) is 0 Å². The molecule has 0 saturated carbocycles. The van der Waals surface area contributed by atoms with Crippen molar-refractivity contribution in [2.24, 2.45) is 0 Å². The van der Waals surface area contributed by atoms with Crippen molar-refractivity contribution in [3.8, 4) is 22.5 Å². The molecular formula is C23H13BrO. The molecule has 1 heterocycles. The van der Waals surface area contributed by atoms with E-state index < -0.39 is 0 Å². The second-order valence-corrected chi connectivity index (χ2v) is 7.46. The molecule has 1 nitrogen and oxygen atoms in total. The summed E-state index contributed by atoms with van der Waals surface area (Å²) in [6, 6.07) is 28.3. The topological polar surface area (TPSA) is 13.1 Å². The van der Waals surface area contributed by atoms with Gasteiger partial charge in [0.1, 0.15) is 5.76 Å². The van der Waals surface area contributed by atoms with Gasteiger partial charge >= 0.3 is 0 Å². The average Bonchev–Trinajstić information content (AvgIpc) is 3.26. The van der Waals surface area contributed by atoms with Gasteiger partial charge in [-0.1, -0.05) is 72.8 Å². The lowest BCUT2D eigenvalue weighted by Gasteiger charge is -2.29. The number of benzene rings is 3. The molecule has 2 aliphatic carbocycles. The predicted octanol–water partition coefficient (Wildman–Crippen LogP) is 6.39. The van der Waals surface area contributed by atoms with E-state index in [0.717, 1.165) is 10.4 Å². The lowest BCUT2D eigenvalue weighted by Crippen LogP contribution is -2.25. The maximum atomic E-state index is 6.09. The third kappa shape index (κ3) is 1.46. The zero-order chi connectivity index (χ0) is 16.6. The van der Waals surface area contributed by atoms with E-state index >= 15 is 0 Å². The maximum absolute atomic E-state index is 6.09. The third-order valence-corrected chi connectivity index (χ3v) is 6.02. The minimum atomic E-state index is -0.283. The molecular weight excluding hydrogens is 372 g/mol. The monoisotopic (exact) mass is 384 g/mol. The fourth-order valence-electron chi connectivity index (χ4n) is 4.81. The molecule has 118 valence electrons.